The zero-order chi connectivity index (χ0) is 23.0. The minimum atomic E-state index is -0.454. The third kappa shape index (κ3) is 5.87. The van der Waals surface area contributed by atoms with Gasteiger partial charge in [0.2, 0.25) is 0 Å². The standard InChI is InChI=1S/C26H27N3O3S/c1-31-21-14-11-19(12-15-21)25(30)32-24-16-13-18-7-5-6-10-22(18)23(24)17-27-29-26(33)28-20-8-3-2-4-9-20/h5-7,10-17,20H,2-4,8-9H2,1H3,(H2,28,29,33)/b27-17-. The predicted octanol–water partition coefficient (Wildman–Crippen LogP) is 5.20. The summed E-state index contributed by atoms with van der Waals surface area (Å²) in [6, 6.07) is 18.8. The number of nitrogens with one attached hydrogen (secondary N) is 2. The van der Waals surface area contributed by atoms with E-state index in [2.05, 4.69) is 15.8 Å². The van der Waals surface area contributed by atoms with Gasteiger partial charge in [-0.2, -0.15) is 5.10 Å². The number of fused-ring (bicyclic) bond motifs is 1. The lowest BCUT2D eigenvalue weighted by Gasteiger charge is -2.23. The molecule has 170 valence electrons. The smallest absolute Gasteiger partial charge is 0.343 e. The van der Waals surface area contributed by atoms with E-state index < -0.39 is 5.97 Å². The van der Waals surface area contributed by atoms with Crippen molar-refractivity contribution in [2.75, 3.05) is 7.11 Å². The molecule has 0 spiro atoms. The lowest BCUT2D eigenvalue weighted by atomic mass is 9.96. The molecule has 1 aliphatic carbocycles. The van der Waals surface area contributed by atoms with Gasteiger partial charge >= 0.3 is 5.97 Å². The number of thiocarbonyl (C=S) groups is 1. The molecule has 1 saturated carbocycles. The molecular formula is C26H27N3O3S. The van der Waals surface area contributed by atoms with E-state index in [-0.39, 0.29) is 0 Å². The molecule has 1 fully saturated rings. The van der Waals surface area contributed by atoms with Gasteiger partial charge in [-0.15, -0.1) is 0 Å². The summed E-state index contributed by atoms with van der Waals surface area (Å²) < 4.78 is 10.9. The summed E-state index contributed by atoms with van der Waals surface area (Å²) in [6.45, 7) is 0. The first kappa shape index (κ1) is 22.7. The number of hydrazone groups is 1. The van der Waals surface area contributed by atoms with Crippen molar-refractivity contribution < 1.29 is 14.3 Å². The third-order valence-electron chi connectivity index (χ3n) is 5.76. The van der Waals surface area contributed by atoms with E-state index in [1.54, 1.807) is 43.7 Å². The van der Waals surface area contributed by atoms with Crippen molar-refractivity contribution in [3.05, 3.63) is 71.8 Å². The minimum Gasteiger partial charge on any atom is -0.497 e. The Balaban J connectivity index is 1.52. The Morgan fingerprint density at radius 2 is 1.79 bits per heavy atom. The quantitative estimate of drug-likeness (QED) is 0.173. The van der Waals surface area contributed by atoms with Crippen LogP contribution in [0.3, 0.4) is 0 Å². The Kier molecular flexibility index (Phi) is 7.52. The van der Waals surface area contributed by atoms with E-state index in [0.29, 0.717) is 33.8 Å². The van der Waals surface area contributed by atoms with E-state index in [1.165, 1.54) is 19.3 Å². The number of ether oxygens (including phenoxy) is 2. The number of nitrogens with zero attached hydrogens (tertiary/aromatic N) is 1. The number of carbonyl (C=O) groups excluding carboxylic acids is 1. The molecule has 0 bridgehead atoms. The van der Waals surface area contributed by atoms with Crippen molar-refractivity contribution in [3.63, 3.8) is 0 Å². The fourth-order valence-corrected chi connectivity index (χ4v) is 4.22. The minimum absolute atomic E-state index is 0.396. The van der Waals surface area contributed by atoms with Gasteiger partial charge in [0.1, 0.15) is 11.5 Å². The fourth-order valence-electron chi connectivity index (χ4n) is 4.00. The largest absolute Gasteiger partial charge is 0.497 e. The second-order valence-electron chi connectivity index (χ2n) is 7.99. The maximum atomic E-state index is 12.8. The summed E-state index contributed by atoms with van der Waals surface area (Å²) in [7, 11) is 1.58. The molecule has 0 aromatic heterocycles. The Morgan fingerprint density at radius 1 is 1.03 bits per heavy atom. The van der Waals surface area contributed by atoms with Gasteiger partial charge in [-0.25, -0.2) is 4.79 Å². The van der Waals surface area contributed by atoms with Crippen LogP contribution in [0.15, 0.2) is 65.8 Å². The van der Waals surface area contributed by atoms with Crippen LogP contribution < -0.4 is 20.2 Å². The summed E-state index contributed by atoms with van der Waals surface area (Å²) in [5.74, 6) is 0.644. The van der Waals surface area contributed by atoms with E-state index >= 15 is 0 Å². The Labute approximate surface area is 199 Å². The zero-order valence-corrected chi connectivity index (χ0v) is 19.4. The van der Waals surface area contributed by atoms with E-state index in [0.717, 1.165) is 23.6 Å². The molecule has 0 aliphatic heterocycles. The van der Waals surface area contributed by atoms with E-state index in [1.807, 2.05) is 30.3 Å². The molecule has 33 heavy (non-hydrogen) atoms. The van der Waals surface area contributed by atoms with Gasteiger partial charge in [0.15, 0.2) is 5.11 Å². The van der Waals surface area contributed by atoms with Gasteiger partial charge in [0, 0.05) is 11.6 Å². The van der Waals surface area contributed by atoms with E-state index in [9.17, 15) is 4.79 Å². The molecule has 0 heterocycles. The average molecular weight is 462 g/mol. The van der Waals surface area contributed by atoms with Gasteiger partial charge in [-0.1, -0.05) is 49.6 Å². The van der Waals surface area contributed by atoms with Crippen LogP contribution in [-0.2, 0) is 0 Å². The molecule has 3 aromatic carbocycles. The summed E-state index contributed by atoms with van der Waals surface area (Å²) in [5, 5.41) is 10.1. The molecule has 7 heteroatoms. The molecule has 2 N–H and O–H groups in total. The van der Waals surface area contributed by atoms with E-state index in [4.69, 9.17) is 21.7 Å². The second kappa shape index (κ2) is 10.9. The third-order valence-corrected chi connectivity index (χ3v) is 5.97. The Bertz CT molecular complexity index is 1160. The first-order chi connectivity index (χ1) is 16.1. The number of carbonyl (C=O) groups is 1. The molecule has 0 unspecified atom stereocenters. The maximum Gasteiger partial charge on any atom is 0.343 e. The molecule has 0 radical (unpaired) electrons. The number of methoxy groups -OCH3 is 1. The summed E-state index contributed by atoms with van der Waals surface area (Å²) in [4.78, 5) is 12.8. The summed E-state index contributed by atoms with van der Waals surface area (Å²) in [5.41, 5.74) is 4.03. The van der Waals surface area contributed by atoms with Crippen LogP contribution in [0.1, 0.15) is 48.0 Å². The van der Waals surface area contributed by atoms with Crippen molar-refractivity contribution in [1.82, 2.24) is 10.7 Å². The molecule has 3 aromatic rings. The first-order valence-corrected chi connectivity index (χ1v) is 11.5. The highest BCUT2D eigenvalue weighted by atomic mass is 32.1. The van der Waals surface area contributed by atoms with Gasteiger partial charge in [0.05, 0.1) is 18.9 Å². The number of hydrogen-bond donors (Lipinski definition) is 2. The van der Waals surface area contributed by atoms with Crippen molar-refractivity contribution in [2.24, 2.45) is 5.10 Å². The van der Waals surface area contributed by atoms with Crippen LogP contribution in [-0.4, -0.2) is 30.4 Å². The number of esters is 1. The molecule has 0 amide bonds. The van der Waals surface area contributed by atoms with Crippen LogP contribution in [0.25, 0.3) is 10.8 Å². The van der Waals surface area contributed by atoms with Crippen LogP contribution in [0, 0.1) is 0 Å². The van der Waals surface area contributed by atoms with Gasteiger partial charge < -0.3 is 14.8 Å². The molecule has 6 nitrogen and oxygen atoms in total. The first-order valence-electron chi connectivity index (χ1n) is 11.1. The summed E-state index contributed by atoms with van der Waals surface area (Å²) in [6.07, 6.45) is 7.63. The van der Waals surface area contributed by atoms with Crippen LogP contribution in [0.4, 0.5) is 0 Å². The van der Waals surface area contributed by atoms with Crippen molar-refractivity contribution in [2.45, 2.75) is 38.1 Å². The van der Waals surface area contributed by atoms with Gasteiger partial charge in [-0.3, -0.25) is 5.43 Å². The van der Waals surface area contributed by atoms with Gasteiger partial charge in [-0.05, 0) is 66.2 Å². The molecule has 0 saturated heterocycles. The van der Waals surface area contributed by atoms with Crippen LogP contribution >= 0.6 is 12.2 Å². The fraction of sp³-hybridized carbons (Fsp3) is 0.269. The lowest BCUT2D eigenvalue weighted by Crippen LogP contribution is -2.40. The van der Waals surface area contributed by atoms with Gasteiger partial charge in [0.25, 0.3) is 0 Å². The Morgan fingerprint density at radius 3 is 2.55 bits per heavy atom. The second-order valence-corrected chi connectivity index (χ2v) is 8.40. The van der Waals surface area contributed by atoms with Crippen LogP contribution in [0.5, 0.6) is 11.5 Å². The topological polar surface area (TPSA) is 72.0 Å². The highest BCUT2D eigenvalue weighted by Crippen LogP contribution is 2.27. The molecule has 4 rings (SSSR count). The number of hydrogen-bond acceptors (Lipinski definition) is 5. The molecular weight excluding hydrogens is 434 g/mol. The highest BCUT2D eigenvalue weighted by Gasteiger charge is 2.15. The van der Waals surface area contributed by atoms with Crippen molar-refractivity contribution >= 4 is 40.3 Å². The monoisotopic (exact) mass is 461 g/mol. The highest BCUT2D eigenvalue weighted by molar-refractivity contribution is 7.80. The number of rotatable bonds is 6. The predicted molar refractivity (Wildman–Crippen MR) is 135 cm³/mol. The SMILES string of the molecule is COc1ccc(C(=O)Oc2ccc3ccccc3c2/C=N\NC(=S)NC2CCCCC2)cc1. The average Bonchev–Trinajstić information content (AvgIpc) is 2.85. The molecule has 1 aliphatic rings. The maximum absolute atomic E-state index is 12.8. The zero-order valence-electron chi connectivity index (χ0n) is 18.5. The number of benzene rings is 3. The summed E-state index contributed by atoms with van der Waals surface area (Å²) >= 11 is 5.40. The molecule has 0 atom stereocenters. The normalized spacial score (nSPS) is 14.2. The van der Waals surface area contributed by atoms with Crippen LogP contribution in [0.2, 0.25) is 0 Å². The van der Waals surface area contributed by atoms with Crippen molar-refractivity contribution in [1.29, 1.82) is 0 Å². The van der Waals surface area contributed by atoms with Crippen molar-refractivity contribution in [3.8, 4) is 11.5 Å². The lowest BCUT2D eigenvalue weighted by molar-refractivity contribution is 0.0734. The Hall–Kier alpha value is -3.45.